The Morgan fingerprint density at radius 1 is 1.00 bits per heavy atom. The van der Waals surface area contributed by atoms with Crippen molar-refractivity contribution in [3.63, 3.8) is 0 Å². The Labute approximate surface area is 164 Å². The summed E-state index contributed by atoms with van der Waals surface area (Å²) in [6.07, 6.45) is 1.33. The van der Waals surface area contributed by atoms with Crippen molar-refractivity contribution in [3.05, 3.63) is 76.8 Å². The highest BCUT2D eigenvalue weighted by Gasteiger charge is 2.05. The molecule has 0 fully saturated rings. The Hall–Kier alpha value is -2.41. The van der Waals surface area contributed by atoms with Gasteiger partial charge in [0.15, 0.2) is 5.13 Å². The molecule has 0 amide bonds. The second kappa shape index (κ2) is 10.1. The zero-order chi connectivity index (χ0) is 18.9. The minimum atomic E-state index is -0.467. The van der Waals surface area contributed by atoms with Gasteiger partial charge in [0.25, 0.3) is 0 Å². The fourth-order valence-corrected chi connectivity index (χ4v) is 3.42. The van der Waals surface area contributed by atoms with Crippen LogP contribution in [0.1, 0.15) is 22.9 Å². The average molecular weight is 383 g/mol. The molecule has 0 radical (unpaired) electrons. The Bertz CT molecular complexity index is 805. The number of aliphatic hydroxyl groups excluding tert-OH is 1. The standard InChI is InChI=1S/C21H26N4OS/c22-21-25-19(15-27-21)11-13-24-18-8-6-16(7-9-18)10-12-23-14-20(26)17-4-2-1-3-5-17/h1-9,15,20,23-24,26H,10-14H2,(H2,22,25)/t20-/m0/s1. The van der Waals surface area contributed by atoms with E-state index >= 15 is 0 Å². The molecular weight excluding hydrogens is 356 g/mol. The average Bonchev–Trinajstić information content (AvgIpc) is 3.12. The molecule has 0 bridgehead atoms. The summed E-state index contributed by atoms with van der Waals surface area (Å²) < 4.78 is 0. The lowest BCUT2D eigenvalue weighted by Gasteiger charge is -2.12. The van der Waals surface area contributed by atoms with Gasteiger partial charge in [0, 0.05) is 30.6 Å². The molecule has 0 aliphatic carbocycles. The molecule has 27 heavy (non-hydrogen) atoms. The molecule has 6 heteroatoms. The molecule has 142 valence electrons. The van der Waals surface area contributed by atoms with E-state index in [2.05, 4.69) is 39.9 Å². The van der Waals surface area contributed by atoms with E-state index in [1.165, 1.54) is 16.9 Å². The van der Waals surface area contributed by atoms with E-state index in [4.69, 9.17) is 5.73 Å². The number of rotatable bonds is 10. The third-order valence-corrected chi connectivity index (χ3v) is 5.07. The molecule has 0 saturated heterocycles. The first-order chi connectivity index (χ1) is 13.2. The summed E-state index contributed by atoms with van der Waals surface area (Å²) in [5.74, 6) is 0. The fraction of sp³-hybridized carbons (Fsp3) is 0.286. The van der Waals surface area contributed by atoms with Crippen molar-refractivity contribution < 1.29 is 5.11 Å². The molecule has 2 aromatic carbocycles. The van der Waals surface area contributed by atoms with Crippen LogP contribution in [0.5, 0.6) is 0 Å². The van der Waals surface area contributed by atoms with Gasteiger partial charge in [-0.3, -0.25) is 0 Å². The minimum absolute atomic E-state index is 0.467. The first-order valence-electron chi connectivity index (χ1n) is 9.17. The fourth-order valence-electron chi connectivity index (χ4n) is 2.83. The van der Waals surface area contributed by atoms with Crippen LogP contribution in [0.3, 0.4) is 0 Å². The number of nitrogen functional groups attached to an aromatic ring is 1. The van der Waals surface area contributed by atoms with Crippen molar-refractivity contribution in [2.45, 2.75) is 18.9 Å². The van der Waals surface area contributed by atoms with Gasteiger partial charge in [0.1, 0.15) is 0 Å². The van der Waals surface area contributed by atoms with Gasteiger partial charge in [-0.1, -0.05) is 42.5 Å². The lowest BCUT2D eigenvalue weighted by atomic mass is 10.1. The predicted molar refractivity (Wildman–Crippen MR) is 113 cm³/mol. The van der Waals surface area contributed by atoms with Crippen LogP contribution in [-0.4, -0.2) is 29.7 Å². The number of benzene rings is 2. The predicted octanol–water partition coefficient (Wildman–Crippen LogP) is 3.25. The zero-order valence-electron chi connectivity index (χ0n) is 15.3. The molecule has 1 atom stereocenters. The Kier molecular flexibility index (Phi) is 7.21. The highest BCUT2D eigenvalue weighted by atomic mass is 32.1. The topological polar surface area (TPSA) is 83.2 Å². The van der Waals surface area contributed by atoms with Gasteiger partial charge >= 0.3 is 0 Å². The van der Waals surface area contributed by atoms with Crippen LogP contribution >= 0.6 is 11.3 Å². The summed E-state index contributed by atoms with van der Waals surface area (Å²) in [6, 6.07) is 18.2. The number of aromatic nitrogens is 1. The first-order valence-corrected chi connectivity index (χ1v) is 10.0. The summed E-state index contributed by atoms with van der Waals surface area (Å²) in [7, 11) is 0. The second-order valence-corrected chi connectivity index (χ2v) is 7.32. The van der Waals surface area contributed by atoms with Crippen LogP contribution in [0.2, 0.25) is 0 Å². The number of hydrogen-bond donors (Lipinski definition) is 4. The van der Waals surface area contributed by atoms with Crippen molar-refractivity contribution in [2.75, 3.05) is 30.7 Å². The van der Waals surface area contributed by atoms with Crippen molar-refractivity contribution in [3.8, 4) is 0 Å². The molecule has 0 saturated carbocycles. The van der Waals surface area contributed by atoms with Gasteiger partial charge < -0.3 is 21.5 Å². The number of anilines is 2. The molecule has 0 unspecified atom stereocenters. The van der Waals surface area contributed by atoms with E-state index in [9.17, 15) is 5.11 Å². The molecule has 3 aromatic rings. The van der Waals surface area contributed by atoms with E-state index in [1.54, 1.807) is 0 Å². The van der Waals surface area contributed by atoms with Crippen molar-refractivity contribution in [1.29, 1.82) is 0 Å². The second-order valence-electron chi connectivity index (χ2n) is 6.43. The van der Waals surface area contributed by atoms with Crippen molar-refractivity contribution in [1.82, 2.24) is 10.3 Å². The Balaban J connectivity index is 1.34. The maximum Gasteiger partial charge on any atom is 0.180 e. The van der Waals surface area contributed by atoms with Crippen LogP contribution in [-0.2, 0) is 12.8 Å². The summed E-state index contributed by atoms with van der Waals surface area (Å²) in [5, 5.41) is 19.5. The van der Waals surface area contributed by atoms with E-state index in [-0.39, 0.29) is 0 Å². The lowest BCUT2D eigenvalue weighted by Crippen LogP contribution is -2.23. The van der Waals surface area contributed by atoms with Gasteiger partial charge in [-0.15, -0.1) is 11.3 Å². The largest absolute Gasteiger partial charge is 0.387 e. The third-order valence-electron chi connectivity index (χ3n) is 4.35. The summed E-state index contributed by atoms with van der Waals surface area (Å²) in [6.45, 7) is 2.23. The van der Waals surface area contributed by atoms with Crippen LogP contribution < -0.4 is 16.4 Å². The maximum atomic E-state index is 10.1. The van der Waals surface area contributed by atoms with Gasteiger partial charge in [-0.25, -0.2) is 4.98 Å². The molecule has 5 N–H and O–H groups in total. The minimum Gasteiger partial charge on any atom is -0.387 e. The molecule has 0 aliphatic heterocycles. The van der Waals surface area contributed by atoms with Gasteiger partial charge in [0.2, 0.25) is 0 Å². The monoisotopic (exact) mass is 382 g/mol. The number of nitrogens with one attached hydrogen (secondary N) is 2. The molecular formula is C21H26N4OS. The number of nitrogens with zero attached hydrogens (tertiary/aromatic N) is 1. The first kappa shape index (κ1) is 19.4. The Morgan fingerprint density at radius 2 is 1.78 bits per heavy atom. The summed E-state index contributed by atoms with van der Waals surface area (Å²) in [5.41, 5.74) is 10.00. The highest BCUT2D eigenvalue weighted by molar-refractivity contribution is 7.13. The van der Waals surface area contributed by atoms with E-state index in [0.717, 1.165) is 42.9 Å². The van der Waals surface area contributed by atoms with Crippen LogP contribution in [0.15, 0.2) is 60.0 Å². The quantitative estimate of drug-likeness (QED) is 0.405. The number of hydrogen-bond acceptors (Lipinski definition) is 6. The van der Waals surface area contributed by atoms with E-state index in [0.29, 0.717) is 11.7 Å². The molecule has 1 heterocycles. The third kappa shape index (κ3) is 6.36. The number of aliphatic hydroxyl groups is 1. The molecule has 1 aromatic heterocycles. The van der Waals surface area contributed by atoms with E-state index in [1.807, 2.05) is 35.7 Å². The number of nitrogens with two attached hydrogens (primary N) is 1. The van der Waals surface area contributed by atoms with Crippen LogP contribution in [0, 0.1) is 0 Å². The van der Waals surface area contributed by atoms with Gasteiger partial charge in [0.05, 0.1) is 11.8 Å². The molecule has 0 aliphatic rings. The SMILES string of the molecule is Nc1nc(CCNc2ccc(CCNC[C@H](O)c3ccccc3)cc2)cs1. The summed E-state index contributed by atoms with van der Waals surface area (Å²) in [4.78, 5) is 4.26. The summed E-state index contributed by atoms with van der Waals surface area (Å²) >= 11 is 1.48. The van der Waals surface area contributed by atoms with Crippen LogP contribution in [0.25, 0.3) is 0 Å². The molecule has 0 spiro atoms. The van der Waals surface area contributed by atoms with Crippen molar-refractivity contribution >= 4 is 22.2 Å². The van der Waals surface area contributed by atoms with Gasteiger partial charge in [-0.05, 0) is 36.2 Å². The maximum absolute atomic E-state index is 10.1. The van der Waals surface area contributed by atoms with Crippen LogP contribution in [0.4, 0.5) is 10.8 Å². The molecule has 5 nitrogen and oxygen atoms in total. The molecule has 3 rings (SSSR count). The van der Waals surface area contributed by atoms with Gasteiger partial charge in [-0.2, -0.15) is 0 Å². The number of thiazole rings is 1. The Morgan fingerprint density at radius 3 is 2.48 bits per heavy atom. The zero-order valence-corrected chi connectivity index (χ0v) is 16.1. The smallest absolute Gasteiger partial charge is 0.180 e. The normalized spacial score (nSPS) is 12.0. The van der Waals surface area contributed by atoms with Crippen molar-refractivity contribution in [2.24, 2.45) is 0 Å². The highest BCUT2D eigenvalue weighted by Crippen LogP contribution is 2.13. The lowest BCUT2D eigenvalue weighted by molar-refractivity contribution is 0.175. The van der Waals surface area contributed by atoms with E-state index < -0.39 is 6.10 Å².